The molecule has 0 aromatic heterocycles. The fourth-order valence-electron chi connectivity index (χ4n) is 7.66. The predicted octanol–water partition coefficient (Wildman–Crippen LogP) is 13.0. The lowest BCUT2D eigenvalue weighted by molar-refractivity contribution is 0.330. The van der Waals surface area contributed by atoms with Gasteiger partial charge in [-0.25, -0.2) is 0 Å². The van der Waals surface area contributed by atoms with Gasteiger partial charge in [-0.3, -0.25) is 0 Å². The summed E-state index contributed by atoms with van der Waals surface area (Å²) in [6, 6.07) is 55.8. The summed E-state index contributed by atoms with van der Waals surface area (Å²) in [6.07, 6.45) is 0. The molecule has 9 aromatic carbocycles. The Balaban J connectivity index is 0.00000210. The van der Waals surface area contributed by atoms with Crippen LogP contribution in [-0.4, -0.2) is 25.5 Å². The Morgan fingerprint density at radius 1 is 0.273 bits per heavy atom. The van der Waals surface area contributed by atoms with Gasteiger partial charge in [0.1, 0.15) is 0 Å². The number of benzene rings is 9. The smallest absolute Gasteiger partial charge is 0.208 e. The van der Waals surface area contributed by atoms with Crippen molar-refractivity contribution in [2.45, 2.75) is 13.8 Å². The van der Waals surface area contributed by atoms with E-state index < -0.39 is 28.7 Å². The minimum atomic E-state index is -0.993. The van der Waals surface area contributed by atoms with Gasteiger partial charge in [-0.2, -0.15) is 0 Å². The second-order valence-corrected chi connectivity index (χ2v) is 13.2. The highest BCUT2D eigenvalue weighted by atomic mass is 16.4. The fourth-order valence-corrected chi connectivity index (χ4v) is 7.66. The first kappa shape index (κ1) is 34.8. The SMILES string of the molecule is CC.Oc1c(O)c(O)c(-c2c3ccccc3c(-c3ccc4cccc(-c5cccc(-c6ccc(-c7ccccc7)cc6)c5)c4c3)c3ccccc23)c(O)c1O. The van der Waals surface area contributed by atoms with Gasteiger partial charge >= 0.3 is 0 Å². The zero-order valence-electron chi connectivity index (χ0n) is 30.3. The molecule has 0 unspecified atom stereocenters. The van der Waals surface area contributed by atoms with Crippen molar-refractivity contribution < 1.29 is 25.5 Å². The number of hydrogen-bond donors (Lipinski definition) is 5. The van der Waals surface area contributed by atoms with E-state index in [4.69, 9.17) is 0 Å². The van der Waals surface area contributed by atoms with Gasteiger partial charge in [0, 0.05) is 5.56 Å². The van der Waals surface area contributed by atoms with E-state index in [-0.39, 0.29) is 5.56 Å². The van der Waals surface area contributed by atoms with Crippen molar-refractivity contribution in [2.75, 3.05) is 0 Å². The maximum atomic E-state index is 11.1. The minimum Gasteiger partial charge on any atom is -0.504 e. The quantitative estimate of drug-likeness (QED) is 0.0693. The maximum absolute atomic E-state index is 11.1. The molecule has 5 nitrogen and oxygen atoms in total. The highest BCUT2D eigenvalue weighted by Gasteiger charge is 2.28. The van der Waals surface area contributed by atoms with Crippen LogP contribution in [0.5, 0.6) is 28.7 Å². The molecule has 0 bridgehead atoms. The van der Waals surface area contributed by atoms with Crippen molar-refractivity contribution in [2.24, 2.45) is 0 Å². The van der Waals surface area contributed by atoms with Crippen LogP contribution in [0.2, 0.25) is 0 Å². The van der Waals surface area contributed by atoms with Gasteiger partial charge in [-0.05, 0) is 89.0 Å². The highest BCUT2D eigenvalue weighted by molar-refractivity contribution is 6.23. The molecule has 9 aromatic rings. The van der Waals surface area contributed by atoms with E-state index >= 15 is 0 Å². The Labute approximate surface area is 318 Å². The van der Waals surface area contributed by atoms with Crippen LogP contribution in [0.4, 0.5) is 0 Å². The monoisotopic (exact) mass is 718 g/mol. The molecule has 5 N–H and O–H groups in total. The molecule has 0 atom stereocenters. The molecule has 0 saturated heterocycles. The van der Waals surface area contributed by atoms with Crippen LogP contribution in [0.3, 0.4) is 0 Å². The average Bonchev–Trinajstić information content (AvgIpc) is 3.25. The molecule has 0 heterocycles. The number of phenols is 5. The lowest BCUT2D eigenvalue weighted by Gasteiger charge is -2.20. The molecule has 268 valence electrons. The highest BCUT2D eigenvalue weighted by Crippen LogP contribution is 2.57. The molecule has 55 heavy (non-hydrogen) atoms. The van der Waals surface area contributed by atoms with Crippen molar-refractivity contribution in [3.63, 3.8) is 0 Å². The Bertz CT molecular complexity index is 2790. The summed E-state index contributed by atoms with van der Waals surface area (Å²) in [7, 11) is 0. The van der Waals surface area contributed by atoms with Crippen molar-refractivity contribution in [3.8, 4) is 84.4 Å². The van der Waals surface area contributed by atoms with Crippen LogP contribution in [0, 0.1) is 0 Å². The molecule has 9 rings (SSSR count). The van der Waals surface area contributed by atoms with E-state index in [1.807, 2.05) is 68.4 Å². The van der Waals surface area contributed by atoms with Crippen LogP contribution in [-0.2, 0) is 0 Å². The normalized spacial score (nSPS) is 11.1. The average molecular weight is 719 g/mol. The number of phenolic OH excluding ortho intramolecular Hbond substituents is 5. The van der Waals surface area contributed by atoms with E-state index in [9.17, 15) is 25.5 Å². The third-order valence-electron chi connectivity index (χ3n) is 10.2. The van der Waals surface area contributed by atoms with Crippen LogP contribution < -0.4 is 0 Å². The Morgan fingerprint density at radius 2 is 0.709 bits per heavy atom. The van der Waals surface area contributed by atoms with Gasteiger partial charge in [0.15, 0.2) is 11.5 Å². The molecular weight excluding hydrogens is 681 g/mol. The first-order valence-corrected chi connectivity index (χ1v) is 18.3. The summed E-state index contributed by atoms with van der Waals surface area (Å²) in [5, 5.41) is 58.5. The standard InChI is InChI=1S/C48H32O5.C2H6/c49-44-43(45(50)47(52)48(53)46(44)51)42-38-17-6-4-15-36(38)41(37-16-5-7-18-39(37)42)34-25-24-31-12-9-19-35(40(31)27-34)33-14-8-13-32(26-33)30-22-20-29(21-23-30)28-10-2-1-3-11-28;1-2/h1-27,49-53H;1-2H3. The fraction of sp³-hybridized carbons (Fsp3) is 0.0400. The van der Waals surface area contributed by atoms with Crippen LogP contribution >= 0.6 is 0 Å². The first-order valence-electron chi connectivity index (χ1n) is 18.3. The van der Waals surface area contributed by atoms with Gasteiger partial charge in [-0.15, -0.1) is 0 Å². The van der Waals surface area contributed by atoms with E-state index in [0.29, 0.717) is 16.3 Å². The summed E-state index contributed by atoms with van der Waals surface area (Å²) in [4.78, 5) is 0. The van der Waals surface area contributed by atoms with Crippen molar-refractivity contribution in [1.29, 1.82) is 0 Å². The molecule has 0 radical (unpaired) electrons. The Morgan fingerprint density at radius 3 is 1.31 bits per heavy atom. The predicted molar refractivity (Wildman–Crippen MR) is 226 cm³/mol. The summed E-state index contributed by atoms with van der Waals surface area (Å²) in [6.45, 7) is 4.00. The van der Waals surface area contributed by atoms with Crippen molar-refractivity contribution >= 4 is 32.3 Å². The molecule has 0 saturated carbocycles. The largest absolute Gasteiger partial charge is 0.504 e. The maximum Gasteiger partial charge on any atom is 0.208 e. The van der Waals surface area contributed by atoms with Gasteiger partial charge < -0.3 is 25.5 Å². The van der Waals surface area contributed by atoms with E-state index in [2.05, 4.69) is 109 Å². The van der Waals surface area contributed by atoms with Crippen LogP contribution in [0.25, 0.3) is 88.0 Å². The number of hydrogen-bond acceptors (Lipinski definition) is 5. The molecule has 0 amide bonds. The summed E-state index contributed by atoms with van der Waals surface area (Å²) < 4.78 is 0. The Kier molecular flexibility index (Phi) is 9.05. The Hall–Kier alpha value is -7.24. The summed E-state index contributed by atoms with van der Waals surface area (Å²) in [5.74, 6) is -4.28. The van der Waals surface area contributed by atoms with E-state index in [1.165, 1.54) is 11.1 Å². The minimum absolute atomic E-state index is 0.174. The number of rotatable bonds is 5. The van der Waals surface area contributed by atoms with Crippen LogP contribution in [0.1, 0.15) is 13.8 Å². The second kappa shape index (κ2) is 14.3. The second-order valence-electron chi connectivity index (χ2n) is 13.2. The van der Waals surface area contributed by atoms with Gasteiger partial charge in [0.05, 0.1) is 5.56 Å². The topological polar surface area (TPSA) is 101 Å². The van der Waals surface area contributed by atoms with Gasteiger partial charge in [-0.1, -0.05) is 166 Å². The lowest BCUT2D eigenvalue weighted by Crippen LogP contribution is -1.92. The van der Waals surface area contributed by atoms with E-state index in [1.54, 1.807) is 0 Å². The molecule has 5 heteroatoms. The zero-order chi connectivity index (χ0) is 38.2. The number of fused-ring (bicyclic) bond motifs is 3. The third kappa shape index (κ3) is 5.92. The molecule has 0 aliphatic carbocycles. The van der Waals surface area contributed by atoms with Crippen LogP contribution in [0.15, 0.2) is 164 Å². The van der Waals surface area contributed by atoms with Gasteiger partial charge in [0.2, 0.25) is 17.2 Å². The van der Waals surface area contributed by atoms with Crippen molar-refractivity contribution in [1.82, 2.24) is 0 Å². The number of aromatic hydroxyl groups is 5. The molecular formula is C50H38O5. The van der Waals surface area contributed by atoms with E-state index in [0.717, 1.165) is 54.9 Å². The summed E-state index contributed by atoms with van der Waals surface area (Å²) in [5.41, 5.74) is 8.98. The third-order valence-corrected chi connectivity index (χ3v) is 10.2. The van der Waals surface area contributed by atoms with Crippen molar-refractivity contribution in [3.05, 3.63) is 164 Å². The lowest BCUT2D eigenvalue weighted by atomic mass is 9.84. The molecule has 0 aliphatic heterocycles. The molecule has 0 fully saturated rings. The first-order chi connectivity index (χ1) is 26.9. The zero-order valence-corrected chi connectivity index (χ0v) is 30.3. The molecule has 0 aliphatic rings. The van der Waals surface area contributed by atoms with Gasteiger partial charge in [0.25, 0.3) is 0 Å². The summed E-state index contributed by atoms with van der Waals surface area (Å²) >= 11 is 0. The molecule has 0 spiro atoms.